The third-order valence-corrected chi connectivity index (χ3v) is 6.32. The van der Waals surface area contributed by atoms with Crippen LogP contribution in [0.5, 0.6) is 0 Å². The van der Waals surface area contributed by atoms with Gasteiger partial charge in [0, 0.05) is 32.6 Å². The molecule has 4 rings (SSSR count). The number of para-hydroxylation sites is 1. The van der Waals surface area contributed by atoms with Gasteiger partial charge in [-0.1, -0.05) is 55.3 Å². The Balaban J connectivity index is 1.43. The van der Waals surface area contributed by atoms with Crippen molar-refractivity contribution in [1.29, 1.82) is 0 Å². The predicted molar refractivity (Wildman–Crippen MR) is 119 cm³/mol. The number of likely N-dealkylation sites (tertiary alicyclic amines) is 1. The van der Waals surface area contributed by atoms with Crippen molar-refractivity contribution < 1.29 is 14.4 Å². The molecule has 162 valence electrons. The van der Waals surface area contributed by atoms with Gasteiger partial charge in [0.15, 0.2) is 0 Å². The quantitative estimate of drug-likeness (QED) is 0.776. The van der Waals surface area contributed by atoms with Crippen LogP contribution in [0.2, 0.25) is 0 Å². The number of nitrogens with zero attached hydrogens (tertiary/aromatic N) is 2. The number of benzene rings is 2. The van der Waals surface area contributed by atoms with E-state index >= 15 is 0 Å². The van der Waals surface area contributed by atoms with Gasteiger partial charge >= 0.3 is 0 Å². The molecule has 0 bridgehead atoms. The van der Waals surface area contributed by atoms with Crippen molar-refractivity contribution in [3.05, 3.63) is 65.7 Å². The first kappa shape index (κ1) is 21.1. The summed E-state index contributed by atoms with van der Waals surface area (Å²) in [7, 11) is 1.75. The second-order valence-electron chi connectivity index (χ2n) is 8.57. The molecule has 1 saturated carbocycles. The zero-order valence-corrected chi connectivity index (χ0v) is 17.9. The number of anilines is 1. The molecule has 1 N–H and O–H groups in total. The molecule has 6 heteroatoms. The molecule has 2 aliphatic rings. The minimum atomic E-state index is -0.377. The van der Waals surface area contributed by atoms with E-state index in [1.165, 1.54) is 0 Å². The summed E-state index contributed by atoms with van der Waals surface area (Å²) in [5, 5.41) is 2.92. The van der Waals surface area contributed by atoms with Crippen molar-refractivity contribution in [2.45, 2.75) is 44.7 Å². The van der Waals surface area contributed by atoms with Crippen molar-refractivity contribution in [2.24, 2.45) is 5.92 Å². The molecule has 1 aliphatic carbocycles. The molecule has 1 atom stereocenters. The number of rotatable bonds is 6. The fourth-order valence-electron chi connectivity index (χ4n) is 4.62. The van der Waals surface area contributed by atoms with Crippen LogP contribution >= 0.6 is 0 Å². The van der Waals surface area contributed by atoms with E-state index in [9.17, 15) is 14.4 Å². The minimum Gasteiger partial charge on any atom is -0.339 e. The summed E-state index contributed by atoms with van der Waals surface area (Å²) in [6.45, 7) is 0.953. The molecule has 0 radical (unpaired) electrons. The van der Waals surface area contributed by atoms with Gasteiger partial charge < -0.3 is 15.1 Å². The highest BCUT2D eigenvalue weighted by Gasteiger charge is 2.38. The number of hydrogen-bond donors (Lipinski definition) is 1. The van der Waals surface area contributed by atoms with Gasteiger partial charge in [-0.15, -0.1) is 0 Å². The Hall–Kier alpha value is -3.15. The van der Waals surface area contributed by atoms with Gasteiger partial charge in [-0.25, -0.2) is 0 Å². The van der Waals surface area contributed by atoms with Crippen LogP contribution in [0.25, 0.3) is 0 Å². The van der Waals surface area contributed by atoms with E-state index in [0.717, 1.165) is 31.2 Å². The Morgan fingerprint density at radius 2 is 1.71 bits per heavy atom. The highest BCUT2D eigenvalue weighted by atomic mass is 16.2. The van der Waals surface area contributed by atoms with Crippen LogP contribution in [0.15, 0.2) is 54.6 Å². The lowest BCUT2D eigenvalue weighted by molar-refractivity contribution is -0.129. The number of carbonyl (C=O) groups excluding carboxylic acids is 3. The van der Waals surface area contributed by atoms with Crippen molar-refractivity contribution in [3.8, 4) is 0 Å². The normalized spacial score (nSPS) is 18.9. The molecular weight excluding hydrogens is 390 g/mol. The molecule has 2 aromatic carbocycles. The Labute approximate surface area is 183 Å². The van der Waals surface area contributed by atoms with Gasteiger partial charge in [0.05, 0.1) is 17.2 Å². The van der Waals surface area contributed by atoms with Crippen LogP contribution in [0.3, 0.4) is 0 Å². The topological polar surface area (TPSA) is 69.7 Å². The van der Waals surface area contributed by atoms with E-state index in [4.69, 9.17) is 0 Å². The van der Waals surface area contributed by atoms with Crippen LogP contribution in [0.4, 0.5) is 5.69 Å². The van der Waals surface area contributed by atoms with Gasteiger partial charge in [-0.2, -0.15) is 0 Å². The molecule has 2 aromatic rings. The monoisotopic (exact) mass is 419 g/mol. The first-order valence-corrected chi connectivity index (χ1v) is 11.0. The van der Waals surface area contributed by atoms with Crippen molar-refractivity contribution in [2.75, 3.05) is 18.9 Å². The summed E-state index contributed by atoms with van der Waals surface area (Å²) in [5.41, 5.74) is 1.98. The molecule has 31 heavy (non-hydrogen) atoms. The second-order valence-corrected chi connectivity index (χ2v) is 8.57. The van der Waals surface area contributed by atoms with E-state index < -0.39 is 0 Å². The van der Waals surface area contributed by atoms with Gasteiger partial charge in [0.2, 0.25) is 11.8 Å². The number of carbonyl (C=O) groups is 3. The maximum atomic E-state index is 13.1. The molecule has 0 spiro atoms. The number of amides is 3. The molecule has 3 amide bonds. The molecule has 1 saturated heterocycles. The lowest BCUT2D eigenvalue weighted by Crippen LogP contribution is -2.35. The minimum absolute atomic E-state index is 0.0685. The van der Waals surface area contributed by atoms with Crippen molar-refractivity contribution >= 4 is 23.4 Å². The van der Waals surface area contributed by atoms with E-state index in [2.05, 4.69) is 5.32 Å². The lowest BCUT2D eigenvalue weighted by Gasteiger charge is -2.24. The number of nitrogens with one attached hydrogen (secondary N) is 1. The molecule has 1 aliphatic heterocycles. The molecular formula is C25H29N3O3. The summed E-state index contributed by atoms with van der Waals surface area (Å²) in [5.74, 6) is -0.660. The Bertz CT molecular complexity index is 953. The van der Waals surface area contributed by atoms with Gasteiger partial charge in [-0.05, 0) is 30.5 Å². The van der Waals surface area contributed by atoms with Crippen LogP contribution < -0.4 is 5.32 Å². The van der Waals surface area contributed by atoms with E-state index in [-0.39, 0.29) is 36.1 Å². The average molecular weight is 420 g/mol. The van der Waals surface area contributed by atoms with Crippen LogP contribution in [0, 0.1) is 5.92 Å². The average Bonchev–Trinajstić information content (AvgIpc) is 3.44. The zero-order valence-electron chi connectivity index (χ0n) is 17.9. The van der Waals surface area contributed by atoms with E-state index in [1.54, 1.807) is 36.2 Å². The summed E-state index contributed by atoms with van der Waals surface area (Å²) in [6.07, 6.45) is 4.61. The van der Waals surface area contributed by atoms with Crippen molar-refractivity contribution in [3.63, 3.8) is 0 Å². The summed E-state index contributed by atoms with van der Waals surface area (Å²) >= 11 is 0. The summed E-state index contributed by atoms with van der Waals surface area (Å²) < 4.78 is 0. The fraction of sp³-hybridized carbons (Fsp3) is 0.400. The van der Waals surface area contributed by atoms with E-state index in [0.29, 0.717) is 24.3 Å². The third-order valence-electron chi connectivity index (χ3n) is 6.32. The van der Waals surface area contributed by atoms with Crippen LogP contribution in [0.1, 0.15) is 48.0 Å². The first-order chi connectivity index (χ1) is 15.0. The summed E-state index contributed by atoms with van der Waals surface area (Å²) in [4.78, 5) is 42.0. The molecule has 1 heterocycles. The largest absolute Gasteiger partial charge is 0.339 e. The van der Waals surface area contributed by atoms with Crippen LogP contribution in [-0.4, -0.2) is 47.2 Å². The third kappa shape index (κ3) is 4.79. The maximum Gasteiger partial charge on any atom is 0.256 e. The molecule has 6 nitrogen and oxygen atoms in total. The molecule has 2 fully saturated rings. The Morgan fingerprint density at radius 1 is 1.03 bits per heavy atom. The molecule has 0 aromatic heterocycles. The Morgan fingerprint density at radius 3 is 2.45 bits per heavy atom. The fourth-order valence-corrected chi connectivity index (χ4v) is 4.62. The highest BCUT2D eigenvalue weighted by Crippen LogP contribution is 2.30. The lowest BCUT2D eigenvalue weighted by atomic mass is 10.1. The SMILES string of the molecule is CN(Cc1ccccc1)C(=O)c1ccccc1NC(=O)C1CC(=O)N(C2CCCC2)C1. The van der Waals surface area contributed by atoms with Crippen LogP contribution in [-0.2, 0) is 16.1 Å². The number of hydrogen-bond acceptors (Lipinski definition) is 3. The van der Waals surface area contributed by atoms with Crippen molar-refractivity contribution in [1.82, 2.24) is 9.80 Å². The molecule has 1 unspecified atom stereocenters. The van der Waals surface area contributed by atoms with Gasteiger partial charge in [-0.3, -0.25) is 14.4 Å². The summed E-state index contributed by atoms with van der Waals surface area (Å²) in [6, 6.07) is 17.1. The maximum absolute atomic E-state index is 13.1. The standard InChI is InChI=1S/C25H29N3O3/c1-27(16-18-9-3-2-4-10-18)25(31)21-13-7-8-14-22(21)26-24(30)19-15-23(29)28(17-19)20-11-5-6-12-20/h2-4,7-10,13-14,19-20H,5-6,11-12,15-17H2,1H3,(H,26,30). The highest BCUT2D eigenvalue weighted by molar-refractivity contribution is 6.05. The zero-order chi connectivity index (χ0) is 21.8. The second kappa shape index (κ2) is 9.33. The smallest absolute Gasteiger partial charge is 0.256 e. The van der Waals surface area contributed by atoms with Gasteiger partial charge in [0.1, 0.15) is 0 Å². The van der Waals surface area contributed by atoms with Gasteiger partial charge in [0.25, 0.3) is 5.91 Å². The predicted octanol–water partition coefficient (Wildman–Crippen LogP) is 3.69. The first-order valence-electron chi connectivity index (χ1n) is 11.0. The Kier molecular flexibility index (Phi) is 6.35. The van der Waals surface area contributed by atoms with E-state index in [1.807, 2.05) is 35.2 Å².